The first-order valence-electron chi connectivity index (χ1n) is 3.65. The Morgan fingerprint density at radius 1 is 1.21 bits per heavy atom. The molecule has 0 spiro atoms. The summed E-state index contributed by atoms with van der Waals surface area (Å²) in [6.45, 7) is 0. The van der Waals surface area contributed by atoms with Crippen LogP contribution in [-0.4, -0.2) is 20.2 Å². The van der Waals surface area contributed by atoms with Crippen LogP contribution < -0.4 is 4.74 Å². The van der Waals surface area contributed by atoms with Gasteiger partial charge in [0.05, 0.1) is 11.4 Å². The second-order valence-corrected chi connectivity index (χ2v) is 2.39. The fourth-order valence-electron chi connectivity index (χ4n) is 0.975. The normalized spacial score (nSPS) is 9.21. The summed E-state index contributed by atoms with van der Waals surface area (Å²) < 4.78 is 6.34. The van der Waals surface area contributed by atoms with Crippen LogP contribution in [0.15, 0.2) is 30.6 Å². The van der Waals surface area contributed by atoms with Gasteiger partial charge in [0.2, 0.25) is 0 Å². The van der Waals surface area contributed by atoms with Gasteiger partial charge < -0.3 is 4.74 Å². The van der Waals surface area contributed by atoms with Crippen LogP contribution in [0, 0.1) is 7.11 Å². The molecular formula is C8H7N4OY-. The van der Waals surface area contributed by atoms with E-state index in [0.29, 0.717) is 5.75 Å². The van der Waals surface area contributed by atoms with Crippen molar-refractivity contribution in [3.8, 4) is 11.4 Å². The quantitative estimate of drug-likeness (QED) is 0.754. The van der Waals surface area contributed by atoms with Crippen LogP contribution in [0.1, 0.15) is 0 Å². The van der Waals surface area contributed by atoms with Crippen molar-refractivity contribution in [3.63, 3.8) is 0 Å². The molecule has 0 saturated carbocycles. The van der Waals surface area contributed by atoms with Crippen LogP contribution >= 0.6 is 0 Å². The molecule has 0 bridgehead atoms. The Bertz CT molecular complexity index is 373. The van der Waals surface area contributed by atoms with E-state index in [1.54, 1.807) is 16.8 Å². The molecule has 14 heavy (non-hydrogen) atoms. The molecule has 2 aromatic rings. The number of aromatic nitrogens is 4. The molecule has 0 amide bonds. The summed E-state index contributed by atoms with van der Waals surface area (Å²) in [5.74, 6) is 0.705. The van der Waals surface area contributed by atoms with Crippen LogP contribution in [0.2, 0.25) is 0 Å². The SMILES string of the molecule is [CH2-]Oc1ccc(-n2cnnn2)cc1.[Y]. The predicted octanol–water partition coefficient (Wildman–Crippen LogP) is 0.830. The first-order chi connectivity index (χ1) is 6.40. The van der Waals surface area contributed by atoms with Gasteiger partial charge in [0.1, 0.15) is 6.33 Å². The van der Waals surface area contributed by atoms with Gasteiger partial charge in [-0.05, 0) is 34.7 Å². The van der Waals surface area contributed by atoms with Crippen LogP contribution in [0.3, 0.4) is 0 Å². The van der Waals surface area contributed by atoms with Crippen LogP contribution in [0.5, 0.6) is 5.75 Å². The van der Waals surface area contributed by atoms with Gasteiger partial charge in [0.25, 0.3) is 0 Å². The summed E-state index contributed by atoms with van der Waals surface area (Å²) in [6.07, 6.45) is 1.53. The summed E-state index contributed by atoms with van der Waals surface area (Å²) in [6, 6.07) is 7.28. The largest absolute Gasteiger partial charge is 0.665 e. The average molecular weight is 264 g/mol. The van der Waals surface area contributed by atoms with Crippen molar-refractivity contribution in [2.75, 3.05) is 0 Å². The third kappa shape index (κ3) is 2.36. The molecule has 0 aliphatic rings. The second-order valence-electron chi connectivity index (χ2n) is 2.39. The summed E-state index contributed by atoms with van der Waals surface area (Å²) >= 11 is 0. The van der Waals surface area contributed by atoms with E-state index in [1.165, 1.54) is 6.33 Å². The number of nitrogens with zero attached hydrogens (tertiary/aromatic N) is 4. The number of hydrogen-bond acceptors (Lipinski definition) is 4. The van der Waals surface area contributed by atoms with Crippen LogP contribution in [0.25, 0.3) is 5.69 Å². The second kappa shape index (κ2) is 5.17. The molecule has 0 unspecified atom stereocenters. The van der Waals surface area contributed by atoms with Gasteiger partial charge in [-0.1, -0.05) is 0 Å². The molecular weight excluding hydrogens is 257 g/mol. The molecule has 1 aromatic heterocycles. The van der Waals surface area contributed by atoms with Gasteiger partial charge >= 0.3 is 0 Å². The molecule has 0 aliphatic carbocycles. The van der Waals surface area contributed by atoms with E-state index < -0.39 is 0 Å². The van der Waals surface area contributed by atoms with Gasteiger partial charge in [-0.25, -0.2) is 4.68 Å². The smallest absolute Gasteiger partial charge is 0.143 e. The zero-order valence-corrected chi connectivity index (χ0v) is 10.2. The molecule has 2 rings (SSSR count). The van der Waals surface area contributed by atoms with Crippen molar-refractivity contribution < 1.29 is 37.4 Å². The van der Waals surface area contributed by atoms with E-state index in [2.05, 4.69) is 22.6 Å². The van der Waals surface area contributed by atoms with E-state index in [4.69, 9.17) is 4.74 Å². The van der Waals surface area contributed by atoms with Gasteiger partial charge in [-0.15, -0.1) is 5.10 Å². The topological polar surface area (TPSA) is 52.8 Å². The zero-order valence-electron chi connectivity index (χ0n) is 7.37. The van der Waals surface area contributed by atoms with Crippen molar-refractivity contribution in [3.05, 3.63) is 37.7 Å². The van der Waals surface area contributed by atoms with Crippen molar-refractivity contribution in [1.82, 2.24) is 20.2 Å². The van der Waals surface area contributed by atoms with Gasteiger partial charge in [-0.2, -0.15) is 7.11 Å². The maximum Gasteiger partial charge on any atom is 0.143 e. The van der Waals surface area contributed by atoms with Gasteiger partial charge in [0, 0.05) is 32.7 Å². The van der Waals surface area contributed by atoms with Gasteiger partial charge in [0.15, 0.2) is 0 Å². The monoisotopic (exact) mass is 264 g/mol. The molecule has 0 atom stereocenters. The Labute approximate surface area is 106 Å². The number of tetrazole rings is 1. The van der Waals surface area contributed by atoms with E-state index >= 15 is 0 Å². The summed E-state index contributed by atoms with van der Waals surface area (Å²) in [5.41, 5.74) is 0.880. The molecule has 1 aromatic carbocycles. The fourth-order valence-corrected chi connectivity index (χ4v) is 0.975. The molecule has 0 N–H and O–H groups in total. The minimum atomic E-state index is 0. The maximum absolute atomic E-state index is 4.78. The first-order valence-corrected chi connectivity index (χ1v) is 3.65. The first kappa shape index (κ1) is 11.3. The minimum absolute atomic E-state index is 0. The van der Waals surface area contributed by atoms with Crippen molar-refractivity contribution >= 4 is 0 Å². The number of rotatable bonds is 2. The summed E-state index contributed by atoms with van der Waals surface area (Å²) in [5, 5.41) is 10.8. The Morgan fingerprint density at radius 3 is 2.43 bits per heavy atom. The van der Waals surface area contributed by atoms with Crippen molar-refractivity contribution in [1.29, 1.82) is 0 Å². The molecule has 5 nitrogen and oxygen atoms in total. The van der Waals surface area contributed by atoms with Crippen LogP contribution in [-0.2, 0) is 32.7 Å². The fraction of sp³-hybridized carbons (Fsp3) is 0. The molecule has 1 radical (unpaired) electrons. The van der Waals surface area contributed by atoms with Crippen molar-refractivity contribution in [2.24, 2.45) is 0 Å². The molecule has 69 valence electrons. The molecule has 6 heteroatoms. The number of hydrogen-bond donors (Lipinski definition) is 0. The predicted molar refractivity (Wildman–Crippen MR) is 45.1 cm³/mol. The van der Waals surface area contributed by atoms with Gasteiger partial charge in [-0.3, -0.25) is 0 Å². The third-order valence-electron chi connectivity index (χ3n) is 1.62. The van der Waals surface area contributed by atoms with Crippen LogP contribution in [0.4, 0.5) is 0 Å². The Balaban J connectivity index is 0.000000980. The van der Waals surface area contributed by atoms with E-state index in [1.807, 2.05) is 12.1 Å². The Morgan fingerprint density at radius 2 is 1.93 bits per heavy atom. The zero-order chi connectivity index (χ0) is 9.10. The Kier molecular flexibility index (Phi) is 4.16. The minimum Gasteiger partial charge on any atom is -0.665 e. The van der Waals surface area contributed by atoms with E-state index in [-0.39, 0.29) is 32.7 Å². The summed E-state index contributed by atoms with van der Waals surface area (Å²) in [4.78, 5) is 0. The maximum atomic E-state index is 4.78. The third-order valence-corrected chi connectivity index (χ3v) is 1.62. The molecule has 0 saturated heterocycles. The van der Waals surface area contributed by atoms with Crippen molar-refractivity contribution in [2.45, 2.75) is 0 Å². The average Bonchev–Trinajstić information content (AvgIpc) is 2.71. The van der Waals surface area contributed by atoms with E-state index in [0.717, 1.165) is 5.69 Å². The number of benzene rings is 1. The standard InChI is InChI=1S/C8H7N4O.Y/c1-13-8-4-2-7(3-5-8)12-6-9-10-11-12;/h2-6H,1H2;/q-1;. The molecule has 0 aliphatic heterocycles. The number of ether oxygens (including phenoxy) is 1. The summed E-state index contributed by atoms with van der Waals surface area (Å²) in [7, 11) is 3.30. The molecule has 1 heterocycles. The Hall–Kier alpha value is -0.806. The van der Waals surface area contributed by atoms with E-state index in [9.17, 15) is 0 Å². The molecule has 0 fully saturated rings.